The Labute approximate surface area is 119 Å². The summed E-state index contributed by atoms with van der Waals surface area (Å²) in [5, 5.41) is 3.09. The number of likely N-dealkylation sites (N-methyl/N-ethyl adjacent to an activating group) is 1. The molecule has 0 bridgehead atoms. The van der Waals surface area contributed by atoms with Crippen molar-refractivity contribution in [1.29, 1.82) is 0 Å². The molecule has 1 amide bonds. The Kier molecular flexibility index (Phi) is 6.07. The van der Waals surface area contributed by atoms with Gasteiger partial charge in [0.1, 0.15) is 11.6 Å². The Balaban J connectivity index is 2.73. The second-order valence-corrected chi connectivity index (χ2v) is 5.04. The van der Waals surface area contributed by atoms with E-state index in [0.717, 1.165) is 24.6 Å². The topological polar surface area (TPSA) is 32.3 Å². The number of amides is 1. The third-order valence-corrected chi connectivity index (χ3v) is 3.60. The number of nitrogens with one attached hydrogen (secondary N) is 1. The molecule has 1 N–H and O–H groups in total. The van der Waals surface area contributed by atoms with Crippen molar-refractivity contribution in [1.82, 2.24) is 10.2 Å². The minimum atomic E-state index is -0.517. The van der Waals surface area contributed by atoms with Crippen LogP contribution in [0.3, 0.4) is 0 Å². The lowest BCUT2D eigenvalue weighted by atomic mass is 10.1. The molecule has 0 saturated heterocycles. The van der Waals surface area contributed by atoms with Crippen molar-refractivity contribution in [2.45, 2.75) is 39.3 Å². The standard InChI is InChI=1S/C15H22F2N2O/c1-5-10(2)18-9-15(20)19(4)11(3)13-8-12(16)6-7-14(13)17/h6-8,10-11,18H,5,9H2,1-4H3. The van der Waals surface area contributed by atoms with Crippen LogP contribution in [0.15, 0.2) is 18.2 Å². The van der Waals surface area contributed by atoms with Crippen molar-refractivity contribution in [3.8, 4) is 0 Å². The molecule has 0 aliphatic rings. The molecule has 1 aromatic rings. The quantitative estimate of drug-likeness (QED) is 0.871. The van der Waals surface area contributed by atoms with Crippen molar-refractivity contribution in [2.24, 2.45) is 0 Å². The van der Waals surface area contributed by atoms with Gasteiger partial charge >= 0.3 is 0 Å². The molecule has 0 heterocycles. The maximum absolute atomic E-state index is 13.7. The van der Waals surface area contributed by atoms with E-state index in [4.69, 9.17) is 0 Å². The van der Waals surface area contributed by atoms with Crippen molar-refractivity contribution < 1.29 is 13.6 Å². The number of carbonyl (C=O) groups is 1. The summed E-state index contributed by atoms with van der Waals surface area (Å²) >= 11 is 0. The van der Waals surface area contributed by atoms with E-state index in [9.17, 15) is 13.6 Å². The second-order valence-electron chi connectivity index (χ2n) is 5.04. The zero-order valence-electron chi connectivity index (χ0n) is 12.4. The van der Waals surface area contributed by atoms with Gasteiger partial charge in [-0.05, 0) is 38.5 Å². The summed E-state index contributed by atoms with van der Waals surface area (Å²) in [7, 11) is 1.59. The first kappa shape index (κ1) is 16.6. The van der Waals surface area contributed by atoms with Crippen molar-refractivity contribution >= 4 is 5.91 Å². The van der Waals surface area contributed by atoms with E-state index in [1.807, 2.05) is 13.8 Å². The molecule has 0 spiro atoms. The maximum atomic E-state index is 13.7. The maximum Gasteiger partial charge on any atom is 0.236 e. The fraction of sp³-hybridized carbons (Fsp3) is 0.533. The third-order valence-electron chi connectivity index (χ3n) is 3.60. The normalized spacial score (nSPS) is 13.9. The lowest BCUT2D eigenvalue weighted by Gasteiger charge is -2.26. The van der Waals surface area contributed by atoms with E-state index in [2.05, 4.69) is 5.32 Å². The minimum Gasteiger partial charge on any atom is -0.338 e. The summed E-state index contributed by atoms with van der Waals surface area (Å²) in [6, 6.07) is 3.01. The fourth-order valence-electron chi connectivity index (χ4n) is 1.79. The highest BCUT2D eigenvalue weighted by Crippen LogP contribution is 2.22. The largest absolute Gasteiger partial charge is 0.338 e. The molecule has 0 aromatic heterocycles. The van der Waals surface area contributed by atoms with Gasteiger partial charge in [0.25, 0.3) is 0 Å². The van der Waals surface area contributed by atoms with Crippen molar-refractivity contribution in [3.05, 3.63) is 35.4 Å². The van der Waals surface area contributed by atoms with Crippen LogP contribution in [0.5, 0.6) is 0 Å². The van der Waals surface area contributed by atoms with Gasteiger partial charge < -0.3 is 10.2 Å². The molecule has 1 rings (SSSR count). The van der Waals surface area contributed by atoms with Crippen molar-refractivity contribution in [3.63, 3.8) is 0 Å². The number of hydrogen-bond acceptors (Lipinski definition) is 2. The second kappa shape index (κ2) is 7.33. The number of halogens is 2. The Hall–Kier alpha value is -1.49. The summed E-state index contributed by atoms with van der Waals surface area (Å²) in [5.74, 6) is -1.17. The SMILES string of the molecule is CCC(C)NCC(=O)N(C)C(C)c1cc(F)ccc1F. The Bertz CT molecular complexity index is 465. The van der Waals surface area contributed by atoms with Crippen molar-refractivity contribution in [2.75, 3.05) is 13.6 Å². The van der Waals surface area contributed by atoms with E-state index in [1.165, 1.54) is 4.90 Å². The van der Waals surface area contributed by atoms with Crippen LogP contribution >= 0.6 is 0 Å². The van der Waals surface area contributed by atoms with Gasteiger partial charge in [-0.15, -0.1) is 0 Å². The summed E-state index contributed by atoms with van der Waals surface area (Å²) in [5.41, 5.74) is 0.185. The highest BCUT2D eigenvalue weighted by Gasteiger charge is 2.20. The van der Waals surface area contributed by atoms with Gasteiger partial charge in [-0.2, -0.15) is 0 Å². The van der Waals surface area contributed by atoms with Gasteiger partial charge in [0.2, 0.25) is 5.91 Å². The third kappa shape index (κ3) is 4.27. The Morgan fingerprint density at radius 2 is 2.00 bits per heavy atom. The first-order chi connectivity index (χ1) is 9.36. The van der Waals surface area contributed by atoms with Crippen LogP contribution in [-0.2, 0) is 4.79 Å². The highest BCUT2D eigenvalue weighted by molar-refractivity contribution is 5.78. The van der Waals surface area contributed by atoms with Gasteiger partial charge in [0.05, 0.1) is 12.6 Å². The molecule has 0 saturated carbocycles. The van der Waals surface area contributed by atoms with Crippen LogP contribution in [0, 0.1) is 11.6 Å². The van der Waals surface area contributed by atoms with E-state index in [1.54, 1.807) is 14.0 Å². The summed E-state index contributed by atoms with van der Waals surface area (Å²) in [6.07, 6.45) is 0.922. The molecule has 5 heteroatoms. The number of benzene rings is 1. The minimum absolute atomic E-state index is 0.151. The van der Waals surface area contributed by atoms with Crippen LogP contribution in [-0.4, -0.2) is 30.4 Å². The molecule has 0 fully saturated rings. The fourth-order valence-corrected chi connectivity index (χ4v) is 1.79. The van der Waals surface area contributed by atoms with E-state index < -0.39 is 17.7 Å². The molecule has 2 atom stereocenters. The average molecular weight is 284 g/mol. The Morgan fingerprint density at radius 3 is 2.60 bits per heavy atom. The molecule has 0 aliphatic heterocycles. The van der Waals surface area contributed by atoms with Crippen LogP contribution in [0.2, 0.25) is 0 Å². The summed E-state index contributed by atoms with van der Waals surface area (Å²) in [6.45, 7) is 5.88. The molecule has 1 aromatic carbocycles. The molecule has 3 nitrogen and oxygen atoms in total. The predicted octanol–water partition coefficient (Wildman–Crippen LogP) is 2.87. The number of carbonyl (C=O) groups excluding carboxylic acids is 1. The Morgan fingerprint density at radius 1 is 1.35 bits per heavy atom. The highest BCUT2D eigenvalue weighted by atomic mass is 19.1. The molecular formula is C15H22F2N2O. The zero-order chi connectivity index (χ0) is 15.3. The van der Waals surface area contributed by atoms with Gasteiger partial charge in [0, 0.05) is 18.7 Å². The van der Waals surface area contributed by atoms with Gasteiger partial charge in [-0.3, -0.25) is 4.79 Å². The molecule has 2 unspecified atom stereocenters. The molecular weight excluding hydrogens is 262 g/mol. The van der Waals surface area contributed by atoms with Crippen LogP contribution in [0.25, 0.3) is 0 Å². The van der Waals surface area contributed by atoms with Gasteiger partial charge in [-0.1, -0.05) is 6.92 Å². The van der Waals surface area contributed by atoms with E-state index in [0.29, 0.717) is 0 Å². The van der Waals surface area contributed by atoms with Gasteiger partial charge in [0.15, 0.2) is 0 Å². The predicted molar refractivity (Wildman–Crippen MR) is 75.3 cm³/mol. The monoisotopic (exact) mass is 284 g/mol. The molecule has 0 aliphatic carbocycles. The zero-order valence-corrected chi connectivity index (χ0v) is 12.4. The van der Waals surface area contributed by atoms with Crippen LogP contribution < -0.4 is 5.32 Å². The molecule has 20 heavy (non-hydrogen) atoms. The van der Waals surface area contributed by atoms with Crippen LogP contribution in [0.4, 0.5) is 8.78 Å². The van der Waals surface area contributed by atoms with Gasteiger partial charge in [-0.25, -0.2) is 8.78 Å². The van der Waals surface area contributed by atoms with Crippen LogP contribution in [0.1, 0.15) is 38.8 Å². The smallest absolute Gasteiger partial charge is 0.236 e. The first-order valence-electron chi connectivity index (χ1n) is 6.80. The van der Waals surface area contributed by atoms with E-state index >= 15 is 0 Å². The lowest BCUT2D eigenvalue weighted by molar-refractivity contribution is -0.131. The summed E-state index contributed by atoms with van der Waals surface area (Å²) < 4.78 is 26.9. The summed E-state index contributed by atoms with van der Waals surface area (Å²) in [4.78, 5) is 13.4. The molecule has 112 valence electrons. The number of hydrogen-bond donors (Lipinski definition) is 1. The average Bonchev–Trinajstić information content (AvgIpc) is 2.45. The first-order valence-corrected chi connectivity index (χ1v) is 6.80. The number of rotatable bonds is 6. The lowest BCUT2D eigenvalue weighted by Crippen LogP contribution is -2.40. The number of nitrogens with zero attached hydrogens (tertiary/aromatic N) is 1. The van der Waals surface area contributed by atoms with E-state index in [-0.39, 0.29) is 24.1 Å². The molecule has 0 radical (unpaired) electrons.